The fourth-order valence-corrected chi connectivity index (χ4v) is 5.51. The minimum absolute atomic E-state index is 0.0646. The highest BCUT2D eigenvalue weighted by Crippen LogP contribution is 2.24. The first kappa shape index (κ1) is 21.6. The minimum Gasteiger partial charge on any atom is -0.491 e. The third-order valence-corrected chi connectivity index (χ3v) is 7.73. The van der Waals surface area contributed by atoms with Crippen LogP contribution in [-0.2, 0) is 16.6 Å². The number of ether oxygens (including phenoxy) is 1. The molecule has 2 fully saturated rings. The number of nitrogens with zero attached hydrogens (tertiary/aromatic N) is 3. The molecule has 1 aromatic carbocycles. The van der Waals surface area contributed by atoms with Crippen LogP contribution in [0.3, 0.4) is 0 Å². The quantitative estimate of drug-likeness (QED) is 0.612. The van der Waals surface area contributed by atoms with Crippen LogP contribution in [0, 0.1) is 0 Å². The fourth-order valence-electron chi connectivity index (χ4n) is 3.88. The van der Waals surface area contributed by atoms with Gasteiger partial charge in [-0.15, -0.1) is 0 Å². The van der Waals surface area contributed by atoms with Crippen molar-refractivity contribution in [2.45, 2.75) is 24.5 Å². The zero-order valence-electron chi connectivity index (χ0n) is 17.0. The summed E-state index contributed by atoms with van der Waals surface area (Å²) < 4.78 is 38.2. The number of piperazine rings is 1. The van der Waals surface area contributed by atoms with Gasteiger partial charge in [-0.25, -0.2) is 8.42 Å². The third-order valence-electron chi connectivity index (χ3n) is 5.64. The highest BCUT2D eigenvalue weighted by Gasteiger charge is 2.30. The van der Waals surface area contributed by atoms with E-state index >= 15 is 0 Å². The standard InChI is InChI=1S/C21H28ClN3O4S/c22-19-5-1-2-6-20(19)28-16-15-23-11-13-24(14-12-23)17-18-7-8-21(29-18)30(26,27)25-9-3-4-10-25/h1-2,5-8H,3-4,9-17H2. The average molecular weight is 454 g/mol. The molecule has 0 unspecified atom stereocenters. The van der Waals surface area contributed by atoms with E-state index in [2.05, 4.69) is 9.80 Å². The molecule has 30 heavy (non-hydrogen) atoms. The zero-order chi connectivity index (χ0) is 21.0. The molecule has 0 aliphatic carbocycles. The molecule has 0 N–H and O–H groups in total. The van der Waals surface area contributed by atoms with Crippen LogP contribution in [0.5, 0.6) is 5.75 Å². The van der Waals surface area contributed by atoms with Crippen molar-refractivity contribution in [3.8, 4) is 5.75 Å². The molecule has 0 radical (unpaired) electrons. The molecule has 3 heterocycles. The van der Waals surface area contributed by atoms with Crippen molar-refractivity contribution >= 4 is 21.6 Å². The van der Waals surface area contributed by atoms with E-state index in [0.717, 1.165) is 51.3 Å². The number of hydrogen-bond donors (Lipinski definition) is 0. The van der Waals surface area contributed by atoms with Crippen molar-refractivity contribution in [1.82, 2.24) is 14.1 Å². The topological polar surface area (TPSA) is 66.2 Å². The van der Waals surface area contributed by atoms with Gasteiger partial charge in [0.2, 0.25) is 5.09 Å². The van der Waals surface area contributed by atoms with Gasteiger partial charge in [0.25, 0.3) is 10.0 Å². The summed E-state index contributed by atoms with van der Waals surface area (Å²) in [6.07, 6.45) is 1.83. The van der Waals surface area contributed by atoms with Crippen molar-refractivity contribution in [1.29, 1.82) is 0 Å². The summed E-state index contributed by atoms with van der Waals surface area (Å²) in [6.45, 7) is 6.91. The molecule has 2 saturated heterocycles. The third kappa shape index (κ3) is 5.18. The Labute approximate surface area is 183 Å². The molecular weight excluding hydrogens is 426 g/mol. The van der Waals surface area contributed by atoms with E-state index in [1.54, 1.807) is 12.1 Å². The van der Waals surface area contributed by atoms with E-state index < -0.39 is 10.0 Å². The summed E-state index contributed by atoms with van der Waals surface area (Å²) in [5.41, 5.74) is 0. The maximum Gasteiger partial charge on any atom is 0.276 e. The fraction of sp³-hybridized carbons (Fsp3) is 0.524. The molecule has 164 valence electrons. The smallest absolute Gasteiger partial charge is 0.276 e. The predicted octanol–water partition coefficient (Wildman–Crippen LogP) is 2.91. The van der Waals surface area contributed by atoms with Gasteiger partial charge in [-0.2, -0.15) is 4.31 Å². The summed E-state index contributed by atoms with van der Waals surface area (Å²) in [5.74, 6) is 1.42. The summed E-state index contributed by atoms with van der Waals surface area (Å²) in [4.78, 5) is 4.65. The lowest BCUT2D eigenvalue weighted by Crippen LogP contribution is -2.46. The first-order valence-corrected chi connectivity index (χ1v) is 12.2. The van der Waals surface area contributed by atoms with Crippen LogP contribution < -0.4 is 4.74 Å². The van der Waals surface area contributed by atoms with E-state index in [0.29, 0.717) is 37.0 Å². The van der Waals surface area contributed by atoms with Crippen molar-refractivity contribution in [3.05, 3.63) is 47.2 Å². The van der Waals surface area contributed by atoms with Gasteiger partial charge < -0.3 is 9.15 Å². The first-order chi connectivity index (χ1) is 14.5. The molecule has 0 bridgehead atoms. The lowest BCUT2D eigenvalue weighted by Gasteiger charge is -2.34. The second-order valence-corrected chi connectivity index (χ2v) is 10.0. The Morgan fingerprint density at radius 2 is 1.63 bits per heavy atom. The van der Waals surface area contributed by atoms with Crippen molar-refractivity contribution < 1.29 is 17.6 Å². The molecule has 4 rings (SSSR count). The Bertz CT molecular complexity index is 935. The van der Waals surface area contributed by atoms with Crippen LogP contribution in [0.15, 0.2) is 45.9 Å². The summed E-state index contributed by atoms with van der Waals surface area (Å²) in [7, 11) is -3.49. The second kappa shape index (κ2) is 9.70. The molecule has 9 heteroatoms. The van der Waals surface area contributed by atoms with E-state index in [4.69, 9.17) is 20.8 Å². The normalized spacial score (nSPS) is 19.4. The Hall–Kier alpha value is -1.58. The maximum absolute atomic E-state index is 12.6. The van der Waals surface area contributed by atoms with E-state index in [-0.39, 0.29) is 5.09 Å². The van der Waals surface area contributed by atoms with Gasteiger partial charge in [0.1, 0.15) is 18.1 Å². The van der Waals surface area contributed by atoms with E-state index in [9.17, 15) is 8.42 Å². The Kier molecular flexibility index (Phi) is 7.00. The molecule has 7 nitrogen and oxygen atoms in total. The van der Waals surface area contributed by atoms with Crippen molar-refractivity contribution in [3.63, 3.8) is 0 Å². The maximum atomic E-state index is 12.6. The zero-order valence-corrected chi connectivity index (χ0v) is 18.6. The van der Waals surface area contributed by atoms with Crippen LogP contribution >= 0.6 is 11.6 Å². The van der Waals surface area contributed by atoms with Gasteiger partial charge in [0.15, 0.2) is 0 Å². The largest absolute Gasteiger partial charge is 0.491 e. The molecular formula is C21H28ClN3O4S. The first-order valence-electron chi connectivity index (χ1n) is 10.4. The predicted molar refractivity (Wildman–Crippen MR) is 115 cm³/mol. The Morgan fingerprint density at radius 3 is 2.37 bits per heavy atom. The SMILES string of the molecule is O=S(=O)(c1ccc(CN2CCN(CCOc3ccccc3Cl)CC2)o1)N1CCCC1. The van der Waals surface area contributed by atoms with Gasteiger partial charge in [-0.05, 0) is 37.1 Å². The number of halogens is 1. The second-order valence-electron chi connectivity index (χ2n) is 7.73. The Balaban J connectivity index is 1.21. The number of sulfonamides is 1. The number of benzene rings is 1. The Morgan fingerprint density at radius 1 is 0.933 bits per heavy atom. The number of hydrogen-bond acceptors (Lipinski definition) is 6. The molecule has 0 saturated carbocycles. The molecule has 0 amide bonds. The van der Waals surface area contributed by atoms with Crippen molar-refractivity contribution in [2.75, 3.05) is 52.4 Å². The number of rotatable bonds is 8. The van der Waals surface area contributed by atoms with E-state index in [1.807, 2.05) is 24.3 Å². The number of furan rings is 1. The van der Waals surface area contributed by atoms with Crippen molar-refractivity contribution in [2.24, 2.45) is 0 Å². The molecule has 1 aromatic heterocycles. The van der Waals surface area contributed by atoms with Crippen LogP contribution in [0.1, 0.15) is 18.6 Å². The van der Waals surface area contributed by atoms with E-state index in [1.165, 1.54) is 4.31 Å². The molecule has 0 spiro atoms. The highest BCUT2D eigenvalue weighted by atomic mass is 35.5. The van der Waals surface area contributed by atoms with Gasteiger partial charge >= 0.3 is 0 Å². The van der Waals surface area contributed by atoms with Gasteiger partial charge in [0.05, 0.1) is 11.6 Å². The summed E-state index contributed by atoms with van der Waals surface area (Å²) in [6, 6.07) is 10.9. The highest BCUT2D eigenvalue weighted by molar-refractivity contribution is 7.89. The lowest BCUT2D eigenvalue weighted by atomic mass is 10.3. The van der Waals surface area contributed by atoms with Gasteiger partial charge in [-0.3, -0.25) is 9.80 Å². The average Bonchev–Trinajstić information content (AvgIpc) is 3.44. The van der Waals surface area contributed by atoms with Crippen LogP contribution in [-0.4, -0.2) is 74.9 Å². The number of para-hydroxylation sites is 1. The lowest BCUT2D eigenvalue weighted by molar-refractivity contribution is 0.106. The molecule has 0 atom stereocenters. The molecule has 2 aliphatic rings. The van der Waals surface area contributed by atoms with Gasteiger partial charge in [-0.1, -0.05) is 23.7 Å². The molecule has 2 aliphatic heterocycles. The summed E-state index contributed by atoms with van der Waals surface area (Å²) in [5, 5.41) is 0.696. The van der Waals surface area contributed by atoms with Crippen LogP contribution in [0.25, 0.3) is 0 Å². The minimum atomic E-state index is -3.49. The monoisotopic (exact) mass is 453 g/mol. The van der Waals surface area contributed by atoms with Crippen LogP contribution in [0.2, 0.25) is 5.02 Å². The summed E-state index contributed by atoms with van der Waals surface area (Å²) >= 11 is 6.11. The molecule has 2 aromatic rings. The van der Waals surface area contributed by atoms with Gasteiger partial charge in [0, 0.05) is 45.8 Å². The van der Waals surface area contributed by atoms with Crippen LogP contribution in [0.4, 0.5) is 0 Å².